The summed E-state index contributed by atoms with van der Waals surface area (Å²) < 4.78 is 35.7. The standard InChI is InChI=1S/C37H52N4O10/c1-24-25(2)35(49-30(21-42)33(24)44)51-34-26(3)32(39-40-38)36(50-31(34)23-47-27(4)43)46-19-13-7-12-18-41(20-28-14-8-5-9-15-28)37(45)48-22-29-16-10-6-11-17-29/h5-6,8-11,14-17,24-26,30-36,42,44H,7,12-13,18-23H2,1-4H3/t24?,25-,26?,30?,31?,32-,33-,34-,35-,36-/m0/s1. The Morgan fingerprint density at radius 2 is 1.55 bits per heavy atom. The molecule has 2 saturated heterocycles. The third-order valence-electron chi connectivity index (χ3n) is 9.64. The van der Waals surface area contributed by atoms with E-state index in [4.69, 9.17) is 28.4 Å². The van der Waals surface area contributed by atoms with Gasteiger partial charge in [0.25, 0.3) is 0 Å². The van der Waals surface area contributed by atoms with E-state index in [1.807, 2.05) is 81.4 Å². The summed E-state index contributed by atoms with van der Waals surface area (Å²) in [5, 5.41) is 24.3. The second-order valence-electron chi connectivity index (χ2n) is 13.3. The zero-order chi connectivity index (χ0) is 36.8. The largest absolute Gasteiger partial charge is 0.463 e. The van der Waals surface area contributed by atoms with E-state index in [1.54, 1.807) is 4.90 Å². The quantitative estimate of drug-likeness (QED) is 0.0713. The van der Waals surface area contributed by atoms with Gasteiger partial charge in [-0.3, -0.25) is 4.79 Å². The highest BCUT2D eigenvalue weighted by molar-refractivity contribution is 5.67. The second kappa shape index (κ2) is 20.3. The van der Waals surface area contributed by atoms with Gasteiger partial charge in [-0.1, -0.05) is 86.5 Å². The Morgan fingerprint density at radius 1 is 0.882 bits per heavy atom. The van der Waals surface area contributed by atoms with Crippen LogP contribution < -0.4 is 0 Å². The van der Waals surface area contributed by atoms with Crippen molar-refractivity contribution >= 4 is 12.1 Å². The Labute approximate surface area is 299 Å². The maximum Gasteiger partial charge on any atom is 0.410 e. The van der Waals surface area contributed by atoms with Crippen LogP contribution in [0.5, 0.6) is 0 Å². The number of carbonyl (C=O) groups excluding carboxylic acids is 2. The molecule has 2 heterocycles. The van der Waals surface area contributed by atoms with E-state index in [9.17, 15) is 25.3 Å². The van der Waals surface area contributed by atoms with Crippen LogP contribution in [-0.2, 0) is 46.4 Å². The molecule has 0 bridgehead atoms. The first-order valence-electron chi connectivity index (χ1n) is 17.7. The minimum atomic E-state index is -0.936. The van der Waals surface area contributed by atoms with Crippen molar-refractivity contribution in [3.05, 3.63) is 82.2 Å². The molecule has 0 aliphatic carbocycles. The van der Waals surface area contributed by atoms with Gasteiger partial charge in [0, 0.05) is 37.4 Å². The van der Waals surface area contributed by atoms with E-state index in [2.05, 4.69) is 10.0 Å². The van der Waals surface area contributed by atoms with E-state index in [1.165, 1.54) is 6.92 Å². The monoisotopic (exact) mass is 712 g/mol. The number of carbonyl (C=O) groups is 2. The number of hydrogen-bond acceptors (Lipinski definition) is 11. The van der Waals surface area contributed by atoms with Crippen LogP contribution in [0.1, 0.15) is 58.1 Å². The lowest BCUT2D eigenvalue weighted by Gasteiger charge is -2.48. The van der Waals surface area contributed by atoms with Crippen molar-refractivity contribution in [1.29, 1.82) is 0 Å². The number of esters is 1. The second-order valence-corrected chi connectivity index (χ2v) is 13.3. The number of nitrogens with zero attached hydrogens (tertiary/aromatic N) is 4. The van der Waals surface area contributed by atoms with E-state index >= 15 is 0 Å². The van der Waals surface area contributed by atoms with Gasteiger partial charge in [0.2, 0.25) is 0 Å². The third kappa shape index (κ3) is 11.6. The highest BCUT2D eigenvalue weighted by Gasteiger charge is 2.49. The SMILES string of the molecule is CC(=O)OCC1O[C@H](OCCCCCN(Cc2ccccc2)C(=O)OCc2ccccc2)[C@@H](N=[N+]=[N-])C(C)[C@@H]1O[C@@H]1OC(CO)[C@@H](O)C(C)[C@@H]1C. The molecule has 0 saturated carbocycles. The number of azide groups is 1. The maximum absolute atomic E-state index is 13.1. The molecule has 14 nitrogen and oxygen atoms in total. The van der Waals surface area contributed by atoms with Crippen LogP contribution in [0.2, 0.25) is 0 Å². The van der Waals surface area contributed by atoms with Crippen molar-refractivity contribution in [2.45, 2.75) is 103 Å². The first-order chi connectivity index (χ1) is 24.6. The summed E-state index contributed by atoms with van der Waals surface area (Å²) in [7, 11) is 0. The number of amides is 1. The summed E-state index contributed by atoms with van der Waals surface area (Å²) in [5.74, 6) is -1.42. The average molecular weight is 713 g/mol. The fourth-order valence-electron chi connectivity index (χ4n) is 6.38. The number of aliphatic hydroxyl groups excluding tert-OH is 2. The lowest BCUT2D eigenvalue weighted by atomic mass is 9.84. The summed E-state index contributed by atoms with van der Waals surface area (Å²) in [6, 6.07) is 18.5. The predicted molar refractivity (Wildman–Crippen MR) is 186 cm³/mol. The van der Waals surface area contributed by atoms with Gasteiger partial charge in [-0.2, -0.15) is 0 Å². The summed E-state index contributed by atoms with van der Waals surface area (Å²) in [6.45, 7) is 7.75. The molecule has 280 valence electrons. The summed E-state index contributed by atoms with van der Waals surface area (Å²) in [4.78, 5) is 29.6. The van der Waals surface area contributed by atoms with Crippen LogP contribution in [0.25, 0.3) is 10.4 Å². The minimum Gasteiger partial charge on any atom is -0.463 e. The van der Waals surface area contributed by atoms with Crippen molar-refractivity contribution in [3.63, 3.8) is 0 Å². The Balaban J connectivity index is 1.34. The Bertz CT molecular complexity index is 1400. The van der Waals surface area contributed by atoms with Crippen molar-refractivity contribution in [2.75, 3.05) is 26.4 Å². The number of rotatable bonds is 17. The van der Waals surface area contributed by atoms with Crippen LogP contribution in [0.4, 0.5) is 4.79 Å². The molecule has 10 atom stereocenters. The molecule has 2 aromatic rings. The molecule has 0 aromatic heterocycles. The highest BCUT2D eigenvalue weighted by Crippen LogP contribution is 2.37. The van der Waals surface area contributed by atoms with Crippen LogP contribution in [-0.4, -0.2) is 96.6 Å². The topological polar surface area (TPSA) is 182 Å². The normalized spacial score (nSPS) is 29.1. The van der Waals surface area contributed by atoms with Crippen molar-refractivity contribution < 1.29 is 48.2 Å². The Morgan fingerprint density at radius 3 is 2.20 bits per heavy atom. The van der Waals surface area contributed by atoms with Crippen LogP contribution in [0.3, 0.4) is 0 Å². The molecule has 51 heavy (non-hydrogen) atoms. The van der Waals surface area contributed by atoms with Crippen molar-refractivity contribution in [3.8, 4) is 0 Å². The van der Waals surface area contributed by atoms with Crippen LogP contribution >= 0.6 is 0 Å². The number of unbranched alkanes of at least 4 members (excludes halogenated alkanes) is 2. The lowest BCUT2D eigenvalue weighted by Crippen LogP contribution is -2.59. The molecule has 0 radical (unpaired) electrons. The fourth-order valence-corrected chi connectivity index (χ4v) is 6.38. The zero-order valence-corrected chi connectivity index (χ0v) is 29.9. The zero-order valence-electron chi connectivity index (χ0n) is 29.9. The highest BCUT2D eigenvalue weighted by atomic mass is 16.7. The molecule has 2 aliphatic rings. The van der Waals surface area contributed by atoms with Crippen LogP contribution in [0, 0.1) is 17.8 Å². The molecule has 2 aromatic carbocycles. The molecule has 2 aliphatic heterocycles. The van der Waals surface area contributed by atoms with Gasteiger partial charge < -0.3 is 43.5 Å². The Hall–Kier alpha value is -3.75. The number of hydrogen-bond donors (Lipinski definition) is 2. The van der Waals surface area contributed by atoms with Gasteiger partial charge in [-0.25, -0.2) is 4.79 Å². The van der Waals surface area contributed by atoms with Crippen molar-refractivity contribution in [1.82, 2.24) is 4.90 Å². The molecule has 0 spiro atoms. The summed E-state index contributed by atoms with van der Waals surface area (Å²) in [5.41, 5.74) is 11.4. The minimum absolute atomic E-state index is 0.131. The maximum atomic E-state index is 13.1. The van der Waals surface area contributed by atoms with E-state index in [-0.39, 0.29) is 44.4 Å². The summed E-state index contributed by atoms with van der Waals surface area (Å²) >= 11 is 0. The number of benzene rings is 2. The molecule has 2 N–H and O–H groups in total. The van der Waals surface area contributed by atoms with Gasteiger partial charge in [0.1, 0.15) is 25.4 Å². The lowest BCUT2D eigenvalue weighted by molar-refractivity contribution is -0.325. The van der Waals surface area contributed by atoms with E-state index < -0.39 is 54.9 Å². The number of aliphatic hydroxyl groups is 2. The Kier molecular flexibility index (Phi) is 16.0. The number of ether oxygens (including phenoxy) is 6. The molecular weight excluding hydrogens is 660 g/mol. The third-order valence-corrected chi connectivity index (χ3v) is 9.64. The molecule has 4 unspecified atom stereocenters. The van der Waals surface area contributed by atoms with Crippen molar-refractivity contribution in [2.24, 2.45) is 22.9 Å². The first-order valence-corrected chi connectivity index (χ1v) is 17.7. The molecule has 2 fully saturated rings. The van der Waals surface area contributed by atoms with Gasteiger partial charge in [0.05, 0.1) is 24.9 Å². The van der Waals surface area contributed by atoms with Gasteiger partial charge in [0.15, 0.2) is 12.6 Å². The van der Waals surface area contributed by atoms with E-state index in [0.717, 1.165) is 17.5 Å². The average Bonchev–Trinajstić information content (AvgIpc) is 3.13. The first kappa shape index (κ1) is 40.0. The molecule has 4 rings (SSSR count). The van der Waals surface area contributed by atoms with Crippen LogP contribution in [0.15, 0.2) is 65.8 Å². The molecule has 14 heteroatoms. The molecule has 1 amide bonds. The van der Waals surface area contributed by atoms with Gasteiger partial charge >= 0.3 is 12.1 Å². The van der Waals surface area contributed by atoms with E-state index in [0.29, 0.717) is 25.9 Å². The molecular formula is C37H52N4O10. The van der Waals surface area contributed by atoms with Gasteiger partial charge in [-0.05, 0) is 47.8 Å². The van der Waals surface area contributed by atoms with Gasteiger partial charge in [-0.15, -0.1) is 0 Å². The predicted octanol–water partition coefficient (Wildman–Crippen LogP) is 5.35. The smallest absolute Gasteiger partial charge is 0.410 e. The summed E-state index contributed by atoms with van der Waals surface area (Å²) in [6.07, 6.45) is -3.26. The fraction of sp³-hybridized carbons (Fsp3) is 0.622.